The molecule has 0 radical (unpaired) electrons. The number of nitrogens with zero attached hydrogens (tertiary/aromatic N) is 1. The van der Waals surface area contributed by atoms with Gasteiger partial charge in [0.2, 0.25) is 0 Å². The minimum absolute atomic E-state index is 0.152. The first-order valence-electron chi connectivity index (χ1n) is 5.52. The summed E-state index contributed by atoms with van der Waals surface area (Å²) >= 11 is 3.54. The topological polar surface area (TPSA) is 31.2 Å². The third kappa shape index (κ3) is 2.69. The Bertz CT molecular complexity index is 533. The summed E-state index contributed by atoms with van der Waals surface area (Å²) in [6.07, 6.45) is 3.31. The molecule has 0 bridgehead atoms. The van der Waals surface area contributed by atoms with Gasteiger partial charge in [0.1, 0.15) is 0 Å². The number of aryl methyl sites for hydroxylation is 1. The predicted octanol–water partition coefficient (Wildman–Crippen LogP) is 3.36. The van der Waals surface area contributed by atoms with E-state index in [2.05, 4.69) is 43.6 Å². The van der Waals surface area contributed by atoms with Gasteiger partial charge in [-0.05, 0) is 28.4 Å². The van der Waals surface area contributed by atoms with Crippen LogP contribution in [0.25, 0.3) is 10.9 Å². The molecule has 0 fully saturated rings. The molecule has 17 heavy (non-hydrogen) atoms. The molecule has 3 nitrogen and oxygen atoms in total. The molecule has 0 atom stereocenters. The Morgan fingerprint density at radius 1 is 1.41 bits per heavy atom. The van der Waals surface area contributed by atoms with Crippen molar-refractivity contribution in [3.05, 3.63) is 34.9 Å². The molecule has 0 N–H and O–H groups in total. The van der Waals surface area contributed by atoms with E-state index in [4.69, 9.17) is 0 Å². The van der Waals surface area contributed by atoms with E-state index in [0.717, 1.165) is 17.4 Å². The fraction of sp³-hybridized carbons (Fsp3) is 0.308. The molecular formula is C13H14BrNO2. The van der Waals surface area contributed by atoms with Crippen LogP contribution in [0.3, 0.4) is 0 Å². The number of methoxy groups -OCH3 is 1. The highest BCUT2D eigenvalue weighted by atomic mass is 79.9. The van der Waals surface area contributed by atoms with Crippen LogP contribution in [0.15, 0.2) is 34.9 Å². The average molecular weight is 296 g/mol. The molecule has 0 amide bonds. The predicted molar refractivity (Wildman–Crippen MR) is 70.9 cm³/mol. The van der Waals surface area contributed by atoms with Crippen molar-refractivity contribution < 1.29 is 9.53 Å². The molecule has 1 aromatic heterocycles. The zero-order chi connectivity index (χ0) is 12.3. The number of ether oxygens (including phenoxy) is 1. The molecule has 0 spiro atoms. The summed E-state index contributed by atoms with van der Waals surface area (Å²) in [5.41, 5.74) is 1.18. The Kier molecular flexibility index (Phi) is 3.84. The van der Waals surface area contributed by atoms with Gasteiger partial charge in [-0.3, -0.25) is 4.79 Å². The van der Waals surface area contributed by atoms with Crippen LogP contribution in [0.2, 0.25) is 0 Å². The number of benzene rings is 1. The lowest BCUT2D eigenvalue weighted by molar-refractivity contribution is -0.140. The smallest absolute Gasteiger partial charge is 0.305 e. The lowest BCUT2D eigenvalue weighted by Gasteiger charge is -2.04. The van der Waals surface area contributed by atoms with Crippen LogP contribution in [-0.2, 0) is 16.1 Å². The summed E-state index contributed by atoms with van der Waals surface area (Å²) < 4.78 is 7.87. The first-order valence-corrected chi connectivity index (χ1v) is 6.32. The van der Waals surface area contributed by atoms with Crippen LogP contribution in [0.4, 0.5) is 0 Å². The first kappa shape index (κ1) is 12.2. The highest BCUT2D eigenvalue weighted by molar-refractivity contribution is 9.10. The highest BCUT2D eigenvalue weighted by Crippen LogP contribution is 2.26. The van der Waals surface area contributed by atoms with Gasteiger partial charge in [0.25, 0.3) is 0 Å². The van der Waals surface area contributed by atoms with Crippen molar-refractivity contribution in [2.75, 3.05) is 7.11 Å². The van der Waals surface area contributed by atoms with Gasteiger partial charge in [-0.15, -0.1) is 0 Å². The van der Waals surface area contributed by atoms with Crippen molar-refractivity contribution in [1.29, 1.82) is 0 Å². The number of carbonyl (C=O) groups is 1. The molecule has 2 rings (SSSR count). The fourth-order valence-electron chi connectivity index (χ4n) is 1.88. The fourth-order valence-corrected chi connectivity index (χ4v) is 2.47. The first-order chi connectivity index (χ1) is 8.22. The Hall–Kier alpha value is -1.29. The Labute approximate surface area is 108 Å². The van der Waals surface area contributed by atoms with Crippen molar-refractivity contribution in [3.63, 3.8) is 0 Å². The third-order valence-corrected chi connectivity index (χ3v) is 3.38. The van der Waals surface area contributed by atoms with Gasteiger partial charge in [-0.1, -0.05) is 18.2 Å². The monoisotopic (exact) mass is 295 g/mol. The summed E-state index contributed by atoms with van der Waals surface area (Å²) in [5.74, 6) is -0.152. The quantitative estimate of drug-likeness (QED) is 0.810. The normalized spacial score (nSPS) is 10.7. The molecule has 2 aromatic rings. The summed E-state index contributed by atoms with van der Waals surface area (Å²) in [6.45, 7) is 0.821. The minimum atomic E-state index is -0.152. The van der Waals surface area contributed by atoms with Crippen LogP contribution in [0.5, 0.6) is 0 Å². The molecule has 0 aliphatic carbocycles. The minimum Gasteiger partial charge on any atom is -0.469 e. The number of hydrogen-bond donors (Lipinski definition) is 0. The maximum atomic E-state index is 11.0. The van der Waals surface area contributed by atoms with Crippen molar-refractivity contribution >= 4 is 32.8 Å². The number of hydrogen-bond acceptors (Lipinski definition) is 2. The molecule has 0 unspecified atom stereocenters. The summed E-state index contributed by atoms with van der Waals surface area (Å²) in [7, 11) is 1.42. The van der Waals surface area contributed by atoms with Gasteiger partial charge in [-0.25, -0.2) is 0 Å². The zero-order valence-electron chi connectivity index (χ0n) is 9.65. The second kappa shape index (κ2) is 5.36. The van der Waals surface area contributed by atoms with Gasteiger partial charge in [-0.2, -0.15) is 0 Å². The summed E-state index contributed by atoms with van der Waals surface area (Å²) in [4.78, 5) is 11.0. The number of halogens is 1. The molecule has 4 heteroatoms. The Morgan fingerprint density at radius 2 is 2.18 bits per heavy atom. The van der Waals surface area contributed by atoms with Crippen molar-refractivity contribution in [3.8, 4) is 0 Å². The van der Waals surface area contributed by atoms with E-state index in [1.54, 1.807) is 0 Å². The Balaban J connectivity index is 2.11. The molecule has 0 aliphatic rings. The zero-order valence-corrected chi connectivity index (χ0v) is 11.2. The average Bonchev–Trinajstić information content (AvgIpc) is 2.67. The molecular weight excluding hydrogens is 282 g/mol. The third-order valence-electron chi connectivity index (χ3n) is 2.75. The van der Waals surface area contributed by atoms with E-state index >= 15 is 0 Å². The van der Waals surface area contributed by atoms with Crippen LogP contribution in [0.1, 0.15) is 12.8 Å². The largest absolute Gasteiger partial charge is 0.469 e. The van der Waals surface area contributed by atoms with Gasteiger partial charge >= 0.3 is 5.97 Å². The number of esters is 1. The molecule has 0 aliphatic heterocycles. The van der Waals surface area contributed by atoms with Crippen molar-refractivity contribution in [2.24, 2.45) is 0 Å². The van der Waals surface area contributed by atoms with Crippen molar-refractivity contribution in [1.82, 2.24) is 4.57 Å². The lowest BCUT2D eigenvalue weighted by Crippen LogP contribution is -2.03. The van der Waals surface area contributed by atoms with Crippen LogP contribution < -0.4 is 0 Å². The number of carbonyl (C=O) groups excluding carboxylic acids is 1. The van der Waals surface area contributed by atoms with Crippen LogP contribution in [0, 0.1) is 0 Å². The molecule has 0 saturated carbocycles. The van der Waals surface area contributed by atoms with E-state index in [1.165, 1.54) is 18.0 Å². The van der Waals surface area contributed by atoms with E-state index in [-0.39, 0.29) is 5.97 Å². The summed E-state index contributed by atoms with van der Waals surface area (Å²) in [5, 5.41) is 1.20. The van der Waals surface area contributed by atoms with Gasteiger partial charge in [0.05, 0.1) is 7.11 Å². The van der Waals surface area contributed by atoms with Gasteiger partial charge < -0.3 is 9.30 Å². The summed E-state index contributed by atoms with van der Waals surface area (Å²) in [6, 6.07) is 8.20. The molecule has 1 heterocycles. The number of para-hydroxylation sites is 1. The number of fused-ring (bicyclic) bond motifs is 1. The maximum Gasteiger partial charge on any atom is 0.305 e. The van der Waals surface area contributed by atoms with Crippen molar-refractivity contribution in [2.45, 2.75) is 19.4 Å². The van der Waals surface area contributed by atoms with Gasteiger partial charge in [0, 0.05) is 34.5 Å². The molecule has 1 aromatic carbocycles. The Morgan fingerprint density at radius 3 is 2.94 bits per heavy atom. The standard InChI is InChI=1S/C13H14BrNO2/c1-17-13(16)7-4-8-15-9-11(14)10-5-2-3-6-12(10)15/h2-3,5-6,9H,4,7-8H2,1H3. The van der Waals surface area contributed by atoms with Crippen LogP contribution >= 0.6 is 15.9 Å². The van der Waals surface area contributed by atoms with E-state index < -0.39 is 0 Å². The molecule has 90 valence electrons. The second-order valence-electron chi connectivity index (χ2n) is 3.87. The number of rotatable bonds is 4. The highest BCUT2D eigenvalue weighted by Gasteiger charge is 2.06. The lowest BCUT2D eigenvalue weighted by atomic mass is 10.2. The SMILES string of the molecule is COC(=O)CCCn1cc(Br)c2ccccc21. The van der Waals surface area contributed by atoms with Crippen LogP contribution in [-0.4, -0.2) is 17.6 Å². The van der Waals surface area contributed by atoms with E-state index in [9.17, 15) is 4.79 Å². The van der Waals surface area contributed by atoms with E-state index in [0.29, 0.717) is 6.42 Å². The van der Waals surface area contributed by atoms with Gasteiger partial charge in [0.15, 0.2) is 0 Å². The van der Waals surface area contributed by atoms with E-state index in [1.807, 2.05) is 12.1 Å². The number of aromatic nitrogens is 1. The molecule has 0 saturated heterocycles. The maximum absolute atomic E-state index is 11.0. The second-order valence-corrected chi connectivity index (χ2v) is 4.72.